The number of hydrogen-bond donors (Lipinski definition) is 1. The van der Waals surface area contributed by atoms with Crippen LogP contribution in [0.5, 0.6) is 0 Å². The average Bonchev–Trinajstić information content (AvgIpc) is 2.96. The minimum atomic E-state index is -4.00. The van der Waals surface area contributed by atoms with Crippen molar-refractivity contribution in [3.05, 3.63) is 0 Å². The van der Waals surface area contributed by atoms with Gasteiger partial charge < -0.3 is 10.1 Å². The molecule has 124 valence electrons. The van der Waals surface area contributed by atoms with E-state index in [1.54, 1.807) is 0 Å². The molecule has 0 amide bonds. The lowest BCUT2D eigenvalue weighted by atomic mass is 9.77. The van der Waals surface area contributed by atoms with Crippen LogP contribution < -0.4 is 5.32 Å². The van der Waals surface area contributed by atoms with Crippen molar-refractivity contribution in [2.24, 2.45) is 11.8 Å². The number of ether oxygens (including phenoxy) is 1. The Morgan fingerprint density at radius 3 is 2.38 bits per heavy atom. The highest BCUT2D eigenvalue weighted by atomic mass is 19.4. The molecular formula is C16H28F3NO. The van der Waals surface area contributed by atoms with E-state index in [-0.39, 0.29) is 0 Å². The van der Waals surface area contributed by atoms with E-state index in [1.165, 1.54) is 12.8 Å². The van der Waals surface area contributed by atoms with Gasteiger partial charge in [-0.25, -0.2) is 0 Å². The molecule has 1 N–H and O–H groups in total. The molecule has 2 rings (SSSR count). The fraction of sp³-hybridized carbons (Fsp3) is 1.00. The summed E-state index contributed by atoms with van der Waals surface area (Å²) in [5.41, 5.74) is 0. The summed E-state index contributed by atoms with van der Waals surface area (Å²) in [7, 11) is 1.94. The van der Waals surface area contributed by atoms with Crippen molar-refractivity contribution in [1.82, 2.24) is 5.32 Å². The summed E-state index contributed by atoms with van der Waals surface area (Å²) in [5.74, 6) is -0.670. The Balaban J connectivity index is 1.69. The number of alkyl halides is 3. The molecule has 1 saturated carbocycles. The summed E-state index contributed by atoms with van der Waals surface area (Å²) in [6.07, 6.45) is 4.02. The van der Waals surface area contributed by atoms with Crippen LogP contribution in [0.1, 0.15) is 57.8 Å². The van der Waals surface area contributed by atoms with Crippen LogP contribution >= 0.6 is 0 Å². The van der Waals surface area contributed by atoms with Crippen molar-refractivity contribution >= 4 is 0 Å². The van der Waals surface area contributed by atoms with E-state index in [2.05, 4.69) is 5.32 Å². The highest BCUT2D eigenvalue weighted by Gasteiger charge is 2.42. The minimum absolute atomic E-state index is 0.304. The van der Waals surface area contributed by atoms with Gasteiger partial charge in [-0.2, -0.15) is 13.2 Å². The van der Waals surface area contributed by atoms with E-state index in [0.29, 0.717) is 43.7 Å². The number of hydrogen-bond acceptors (Lipinski definition) is 2. The monoisotopic (exact) mass is 307 g/mol. The third kappa shape index (κ3) is 5.13. The first-order valence-electron chi connectivity index (χ1n) is 8.36. The van der Waals surface area contributed by atoms with Crippen molar-refractivity contribution in [2.45, 2.75) is 76.1 Å². The summed E-state index contributed by atoms with van der Waals surface area (Å²) in [5, 5.41) is 3.33. The van der Waals surface area contributed by atoms with Crippen LogP contribution in [0.25, 0.3) is 0 Å². The second-order valence-corrected chi connectivity index (χ2v) is 6.61. The van der Waals surface area contributed by atoms with Crippen LogP contribution in [-0.4, -0.2) is 32.0 Å². The Morgan fingerprint density at radius 1 is 1.14 bits per heavy atom. The first-order chi connectivity index (χ1) is 10.0. The zero-order valence-corrected chi connectivity index (χ0v) is 12.9. The molecule has 1 aliphatic carbocycles. The lowest BCUT2D eigenvalue weighted by Gasteiger charge is -2.34. The summed E-state index contributed by atoms with van der Waals surface area (Å²) in [6.45, 7) is 0.890. The molecule has 0 aromatic heterocycles. The van der Waals surface area contributed by atoms with Gasteiger partial charge in [-0.15, -0.1) is 0 Å². The van der Waals surface area contributed by atoms with Gasteiger partial charge in [-0.1, -0.05) is 0 Å². The van der Waals surface area contributed by atoms with Gasteiger partial charge in [0.05, 0.1) is 12.0 Å². The van der Waals surface area contributed by atoms with Gasteiger partial charge in [0.15, 0.2) is 0 Å². The van der Waals surface area contributed by atoms with Gasteiger partial charge in [0.2, 0.25) is 0 Å². The molecule has 0 radical (unpaired) electrons. The van der Waals surface area contributed by atoms with Crippen LogP contribution in [0.15, 0.2) is 0 Å². The van der Waals surface area contributed by atoms with Crippen molar-refractivity contribution in [1.29, 1.82) is 0 Å². The SMILES string of the molecule is CNC(CCCC1CCCO1)C1CCC(C(F)(F)F)CC1. The maximum absolute atomic E-state index is 12.7. The quantitative estimate of drug-likeness (QED) is 0.790. The Hall–Kier alpha value is -0.290. The van der Waals surface area contributed by atoms with E-state index in [1.807, 2.05) is 7.05 Å². The lowest BCUT2D eigenvalue weighted by molar-refractivity contribution is -0.184. The fourth-order valence-electron chi connectivity index (χ4n) is 3.90. The molecule has 2 aliphatic rings. The molecule has 1 heterocycles. The standard InChI is InChI=1S/C16H28F3NO/c1-20-15(6-2-4-14-5-3-11-21-14)12-7-9-13(10-8-12)16(17,18)19/h12-15,20H,2-11H2,1H3. The Morgan fingerprint density at radius 2 is 1.86 bits per heavy atom. The van der Waals surface area contributed by atoms with Gasteiger partial charge in [0.1, 0.15) is 0 Å². The zero-order chi connectivity index (χ0) is 15.3. The van der Waals surface area contributed by atoms with Crippen LogP contribution in [0.3, 0.4) is 0 Å². The third-order valence-corrected chi connectivity index (χ3v) is 5.24. The first-order valence-corrected chi connectivity index (χ1v) is 8.36. The van der Waals surface area contributed by atoms with Gasteiger partial charge in [0, 0.05) is 12.6 Å². The summed E-state index contributed by atoms with van der Waals surface area (Å²) < 4.78 is 43.7. The Labute approximate surface area is 125 Å². The minimum Gasteiger partial charge on any atom is -0.378 e. The van der Waals surface area contributed by atoms with Crippen LogP contribution in [0.4, 0.5) is 13.2 Å². The molecule has 2 nitrogen and oxygen atoms in total. The number of rotatable bonds is 6. The van der Waals surface area contributed by atoms with Gasteiger partial charge in [-0.3, -0.25) is 0 Å². The van der Waals surface area contributed by atoms with Crippen molar-refractivity contribution < 1.29 is 17.9 Å². The van der Waals surface area contributed by atoms with Crippen molar-refractivity contribution in [3.8, 4) is 0 Å². The molecule has 2 unspecified atom stereocenters. The van der Waals surface area contributed by atoms with Gasteiger partial charge >= 0.3 is 6.18 Å². The van der Waals surface area contributed by atoms with Gasteiger partial charge in [-0.05, 0) is 70.8 Å². The summed E-state index contributed by atoms with van der Waals surface area (Å²) in [6, 6.07) is 0.362. The van der Waals surface area contributed by atoms with Crippen LogP contribution in [0, 0.1) is 11.8 Å². The maximum atomic E-state index is 12.7. The number of halogens is 3. The molecule has 21 heavy (non-hydrogen) atoms. The maximum Gasteiger partial charge on any atom is 0.391 e. The van der Waals surface area contributed by atoms with E-state index >= 15 is 0 Å². The molecule has 2 fully saturated rings. The van der Waals surface area contributed by atoms with Crippen LogP contribution in [-0.2, 0) is 4.74 Å². The topological polar surface area (TPSA) is 21.3 Å². The predicted octanol–water partition coefficient (Wildman–Crippen LogP) is 4.29. The molecule has 1 saturated heterocycles. The number of nitrogens with one attached hydrogen (secondary N) is 1. The molecule has 0 aromatic carbocycles. The average molecular weight is 307 g/mol. The van der Waals surface area contributed by atoms with E-state index in [9.17, 15) is 13.2 Å². The predicted molar refractivity (Wildman–Crippen MR) is 77.2 cm³/mol. The van der Waals surface area contributed by atoms with Crippen LogP contribution in [0.2, 0.25) is 0 Å². The third-order valence-electron chi connectivity index (χ3n) is 5.24. The first kappa shape index (κ1) is 17.1. The largest absolute Gasteiger partial charge is 0.391 e. The fourth-order valence-corrected chi connectivity index (χ4v) is 3.90. The molecule has 0 spiro atoms. The molecule has 2 atom stereocenters. The van der Waals surface area contributed by atoms with Crippen molar-refractivity contribution in [3.63, 3.8) is 0 Å². The van der Waals surface area contributed by atoms with Gasteiger partial charge in [0.25, 0.3) is 0 Å². The van der Waals surface area contributed by atoms with E-state index < -0.39 is 12.1 Å². The van der Waals surface area contributed by atoms with E-state index in [4.69, 9.17) is 4.74 Å². The summed E-state index contributed by atoms with van der Waals surface area (Å²) >= 11 is 0. The molecule has 5 heteroatoms. The summed E-state index contributed by atoms with van der Waals surface area (Å²) in [4.78, 5) is 0. The van der Waals surface area contributed by atoms with E-state index in [0.717, 1.165) is 25.9 Å². The zero-order valence-electron chi connectivity index (χ0n) is 12.9. The molecule has 0 bridgehead atoms. The Bertz CT molecular complexity index is 294. The Kier molecular flexibility index (Phi) is 6.35. The molecule has 0 aromatic rings. The normalized spacial score (nSPS) is 32.3. The highest BCUT2D eigenvalue weighted by molar-refractivity contribution is 4.84. The molecule has 1 aliphatic heterocycles. The van der Waals surface area contributed by atoms with Crippen molar-refractivity contribution in [2.75, 3.05) is 13.7 Å². The lowest BCUT2D eigenvalue weighted by Crippen LogP contribution is -2.38. The smallest absolute Gasteiger partial charge is 0.378 e. The highest BCUT2D eigenvalue weighted by Crippen LogP contribution is 2.40. The second-order valence-electron chi connectivity index (χ2n) is 6.61. The second kappa shape index (κ2) is 7.82. The molecular weight excluding hydrogens is 279 g/mol.